The summed E-state index contributed by atoms with van der Waals surface area (Å²) in [4.78, 5) is -0.450. The maximum absolute atomic E-state index is 12.1. The lowest BCUT2D eigenvalue weighted by Gasteiger charge is -2.21. The SMILES string of the molecule is CC(C)(C)c1ccc(OCC(F)(F)F)c(S(N)(=O)=O)c1. The van der Waals surface area contributed by atoms with Crippen LogP contribution in [0, 0.1) is 0 Å². The maximum Gasteiger partial charge on any atom is 0.422 e. The van der Waals surface area contributed by atoms with Crippen molar-refractivity contribution >= 4 is 10.0 Å². The highest BCUT2D eigenvalue weighted by atomic mass is 32.2. The molecule has 0 spiro atoms. The van der Waals surface area contributed by atoms with Crippen LogP contribution in [-0.4, -0.2) is 21.2 Å². The van der Waals surface area contributed by atoms with Crippen LogP contribution in [0.25, 0.3) is 0 Å². The zero-order chi connectivity index (χ0) is 15.8. The third kappa shape index (κ3) is 4.68. The van der Waals surface area contributed by atoms with E-state index in [1.165, 1.54) is 18.2 Å². The minimum atomic E-state index is -4.56. The van der Waals surface area contributed by atoms with Gasteiger partial charge in [-0.2, -0.15) is 13.2 Å². The van der Waals surface area contributed by atoms with E-state index in [0.29, 0.717) is 5.56 Å². The van der Waals surface area contributed by atoms with Gasteiger partial charge in [0, 0.05) is 0 Å². The summed E-state index contributed by atoms with van der Waals surface area (Å²) < 4.78 is 63.9. The van der Waals surface area contributed by atoms with Crippen LogP contribution in [0.15, 0.2) is 23.1 Å². The number of hydrogen-bond acceptors (Lipinski definition) is 3. The third-order valence-corrected chi connectivity index (χ3v) is 3.44. The lowest BCUT2D eigenvalue weighted by molar-refractivity contribution is -0.153. The zero-order valence-corrected chi connectivity index (χ0v) is 12.1. The molecule has 0 radical (unpaired) electrons. The van der Waals surface area contributed by atoms with Crippen molar-refractivity contribution in [3.05, 3.63) is 23.8 Å². The minimum absolute atomic E-state index is 0.373. The van der Waals surface area contributed by atoms with Gasteiger partial charge in [-0.3, -0.25) is 0 Å². The van der Waals surface area contributed by atoms with Crippen LogP contribution in [0.1, 0.15) is 26.3 Å². The molecule has 0 bridgehead atoms. The lowest BCUT2D eigenvalue weighted by Crippen LogP contribution is -2.22. The largest absolute Gasteiger partial charge is 0.483 e. The van der Waals surface area contributed by atoms with Crippen molar-refractivity contribution in [3.8, 4) is 5.75 Å². The van der Waals surface area contributed by atoms with E-state index in [2.05, 4.69) is 4.74 Å². The van der Waals surface area contributed by atoms with E-state index in [4.69, 9.17) is 5.14 Å². The van der Waals surface area contributed by atoms with E-state index in [1.54, 1.807) is 0 Å². The molecule has 20 heavy (non-hydrogen) atoms. The molecule has 0 aromatic heterocycles. The summed E-state index contributed by atoms with van der Waals surface area (Å²) in [5, 5.41) is 5.02. The fraction of sp³-hybridized carbons (Fsp3) is 0.500. The normalized spacial score (nSPS) is 13.3. The molecule has 8 heteroatoms. The van der Waals surface area contributed by atoms with Gasteiger partial charge >= 0.3 is 6.18 Å². The first-order valence-corrected chi connectivity index (χ1v) is 7.22. The van der Waals surface area contributed by atoms with Gasteiger partial charge in [0.25, 0.3) is 0 Å². The average molecular weight is 311 g/mol. The Kier molecular flexibility index (Phi) is 4.40. The van der Waals surface area contributed by atoms with Crippen molar-refractivity contribution in [3.63, 3.8) is 0 Å². The molecule has 0 saturated carbocycles. The van der Waals surface area contributed by atoms with Crippen molar-refractivity contribution in [2.24, 2.45) is 5.14 Å². The molecule has 0 amide bonds. The summed E-state index contributed by atoms with van der Waals surface area (Å²) in [5.41, 5.74) is 0.253. The van der Waals surface area contributed by atoms with Gasteiger partial charge in [-0.25, -0.2) is 13.6 Å². The molecular formula is C12H16F3NO3S. The Morgan fingerprint density at radius 1 is 1.20 bits per heavy atom. The Morgan fingerprint density at radius 2 is 1.75 bits per heavy atom. The van der Waals surface area contributed by atoms with E-state index in [9.17, 15) is 21.6 Å². The standard InChI is InChI=1S/C12H16F3NO3S/c1-11(2,3)8-4-5-9(19-7-12(13,14)15)10(6-8)20(16,17)18/h4-6H,7H2,1-3H3,(H2,16,17,18). The van der Waals surface area contributed by atoms with Gasteiger partial charge in [0.15, 0.2) is 6.61 Å². The van der Waals surface area contributed by atoms with Crippen LogP contribution in [0.2, 0.25) is 0 Å². The first-order valence-electron chi connectivity index (χ1n) is 5.67. The van der Waals surface area contributed by atoms with Crippen LogP contribution < -0.4 is 9.88 Å². The van der Waals surface area contributed by atoms with Gasteiger partial charge in [-0.1, -0.05) is 26.8 Å². The molecule has 1 rings (SSSR count). The molecule has 0 aliphatic carbocycles. The van der Waals surface area contributed by atoms with Gasteiger partial charge in [0.05, 0.1) is 0 Å². The molecule has 0 atom stereocenters. The fourth-order valence-corrected chi connectivity index (χ4v) is 2.17. The van der Waals surface area contributed by atoms with E-state index in [0.717, 1.165) is 0 Å². The van der Waals surface area contributed by atoms with Crippen LogP contribution in [0.4, 0.5) is 13.2 Å². The molecule has 0 saturated heterocycles. The number of ether oxygens (including phenoxy) is 1. The first-order chi connectivity index (χ1) is 8.81. The molecule has 0 fully saturated rings. The smallest absolute Gasteiger partial charge is 0.422 e. The number of nitrogens with two attached hydrogens (primary N) is 1. The molecule has 0 aliphatic rings. The Morgan fingerprint density at radius 3 is 2.15 bits per heavy atom. The average Bonchev–Trinajstić information content (AvgIpc) is 2.22. The fourth-order valence-electron chi connectivity index (χ4n) is 1.48. The van der Waals surface area contributed by atoms with Gasteiger partial charge < -0.3 is 4.74 Å². The Labute approximate surface area is 115 Å². The molecule has 0 aliphatic heterocycles. The monoisotopic (exact) mass is 311 g/mol. The van der Waals surface area contributed by atoms with E-state index >= 15 is 0 Å². The zero-order valence-electron chi connectivity index (χ0n) is 11.3. The highest BCUT2D eigenvalue weighted by Crippen LogP contribution is 2.31. The molecular weight excluding hydrogens is 295 g/mol. The summed E-state index contributed by atoms with van der Waals surface area (Å²) in [6.45, 7) is 3.94. The van der Waals surface area contributed by atoms with E-state index < -0.39 is 33.5 Å². The highest BCUT2D eigenvalue weighted by molar-refractivity contribution is 7.89. The number of alkyl halides is 3. The summed E-state index contributed by atoms with van der Waals surface area (Å²) in [6.07, 6.45) is -4.56. The number of halogens is 3. The number of primary sulfonamides is 1. The number of hydrogen-bond donors (Lipinski definition) is 1. The summed E-state index contributed by atoms with van der Waals surface area (Å²) in [7, 11) is -4.18. The van der Waals surface area contributed by atoms with Gasteiger partial charge in [0.1, 0.15) is 10.6 Å². The Hall–Kier alpha value is -1.28. The van der Waals surface area contributed by atoms with Gasteiger partial charge in [-0.05, 0) is 23.1 Å². The Bertz CT molecular complexity index is 589. The first kappa shape index (κ1) is 16.8. The third-order valence-electron chi connectivity index (χ3n) is 2.51. The molecule has 1 aromatic carbocycles. The number of benzene rings is 1. The van der Waals surface area contributed by atoms with Crippen molar-refractivity contribution in [2.75, 3.05) is 6.61 Å². The predicted octanol–water partition coefficient (Wildman–Crippen LogP) is 2.57. The molecule has 2 N–H and O–H groups in total. The summed E-state index contributed by atoms with van der Waals surface area (Å²) >= 11 is 0. The summed E-state index contributed by atoms with van der Waals surface area (Å²) in [6, 6.07) is 3.94. The number of sulfonamides is 1. The molecule has 1 aromatic rings. The quantitative estimate of drug-likeness (QED) is 0.932. The topological polar surface area (TPSA) is 69.4 Å². The van der Waals surface area contributed by atoms with Crippen molar-refractivity contribution in [2.45, 2.75) is 37.3 Å². The van der Waals surface area contributed by atoms with Crippen LogP contribution in [-0.2, 0) is 15.4 Å². The highest BCUT2D eigenvalue weighted by Gasteiger charge is 2.30. The lowest BCUT2D eigenvalue weighted by atomic mass is 9.87. The molecule has 0 unspecified atom stereocenters. The van der Waals surface area contributed by atoms with Crippen molar-refractivity contribution in [1.82, 2.24) is 0 Å². The molecule has 4 nitrogen and oxygen atoms in total. The van der Waals surface area contributed by atoms with E-state index in [-0.39, 0.29) is 5.41 Å². The van der Waals surface area contributed by atoms with Crippen LogP contribution >= 0.6 is 0 Å². The number of rotatable bonds is 3. The van der Waals surface area contributed by atoms with E-state index in [1.807, 2.05) is 20.8 Å². The van der Waals surface area contributed by atoms with Crippen molar-refractivity contribution < 1.29 is 26.3 Å². The van der Waals surface area contributed by atoms with Crippen LogP contribution in [0.3, 0.4) is 0 Å². The van der Waals surface area contributed by atoms with Crippen molar-refractivity contribution in [1.29, 1.82) is 0 Å². The predicted molar refractivity (Wildman–Crippen MR) is 68.1 cm³/mol. The van der Waals surface area contributed by atoms with Gasteiger partial charge in [0.2, 0.25) is 10.0 Å². The maximum atomic E-state index is 12.1. The molecule has 0 heterocycles. The second-order valence-corrected chi connectivity index (χ2v) is 6.89. The minimum Gasteiger partial charge on any atom is -0.483 e. The van der Waals surface area contributed by atoms with Gasteiger partial charge in [-0.15, -0.1) is 0 Å². The second-order valence-electron chi connectivity index (χ2n) is 5.36. The summed E-state index contributed by atoms with van der Waals surface area (Å²) in [5.74, 6) is -0.405. The van der Waals surface area contributed by atoms with Crippen LogP contribution in [0.5, 0.6) is 5.75 Å². The Balaban J connectivity index is 3.26. The molecule has 114 valence electrons. The second kappa shape index (κ2) is 5.25.